The van der Waals surface area contributed by atoms with Crippen molar-refractivity contribution in [3.8, 4) is 11.5 Å². The number of nitrogens with one attached hydrogen (secondary N) is 1. The largest absolute Gasteiger partial charge is 0.493 e. The number of benzene rings is 1. The molecule has 1 N–H and O–H groups in total. The van der Waals surface area contributed by atoms with Gasteiger partial charge < -0.3 is 29.0 Å². The third kappa shape index (κ3) is 6.58. The number of methoxy groups -OCH3 is 2. The summed E-state index contributed by atoms with van der Waals surface area (Å²) in [4.78, 5) is 18.9. The Hall–Kier alpha value is -2.81. The van der Waals surface area contributed by atoms with Gasteiger partial charge in [0.25, 0.3) is 0 Å². The van der Waals surface area contributed by atoms with Crippen molar-refractivity contribution < 1.29 is 23.5 Å². The summed E-state index contributed by atoms with van der Waals surface area (Å²) in [6.45, 7) is 5.97. The number of nitrogens with zero attached hydrogens (tertiary/aromatic N) is 3. The average Bonchev–Trinajstić information content (AvgIpc) is 3.20. The zero-order valence-corrected chi connectivity index (χ0v) is 18.7. The first-order chi connectivity index (χ1) is 15.0. The van der Waals surface area contributed by atoms with Crippen LogP contribution in [0.4, 0.5) is 10.5 Å². The van der Waals surface area contributed by atoms with E-state index in [0.29, 0.717) is 60.9 Å². The highest BCUT2D eigenvalue weighted by atomic mass is 16.5. The molecule has 0 spiro atoms. The minimum atomic E-state index is -0.156. The standard InChI is InChI=1S/C22H32N4O5/c1-15(2)12-21-24-20(25-31-21)9-11-30-17-6-5-10-26(14-17)22(27)23-16-7-8-18(28-3)19(13-16)29-4/h7-8,13,15,17H,5-6,9-12,14H2,1-4H3,(H,23,27). The van der Waals surface area contributed by atoms with Crippen LogP contribution in [0.3, 0.4) is 0 Å². The number of ether oxygens (including phenoxy) is 3. The van der Waals surface area contributed by atoms with Gasteiger partial charge in [-0.15, -0.1) is 0 Å². The fourth-order valence-electron chi connectivity index (χ4n) is 3.52. The van der Waals surface area contributed by atoms with Gasteiger partial charge >= 0.3 is 6.03 Å². The molecular formula is C22H32N4O5. The van der Waals surface area contributed by atoms with Crippen LogP contribution in [-0.4, -0.2) is 61.1 Å². The first-order valence-electron chi connectivity index (χ1n) is 10.7. The molecule has 1 unspecified atom stereocenters. The number of likely N-dealkylation sites (tertiary alicyclic amines) is 1. The quantitative estimate of drug-likeness (QED) is 0.647. The molecule has 1 aromatic carbocycles. The van der Waals surface area contributed by atoms with Crippen molar-refractivity contribution >= 4 is 11.7 Å². The Labute approximate surface area is 183 Å². The van der Waals surface area contributed by atoms with Gasteiger partial charge in [0.2, 0.25) is 5.89 Å². The van der Waals surface area contributed by atoms with E-state index >= 15 is 0 Å². The number of hydrogen-bond acceptors (Lipinski definition) is 7. The van der Waals surface area contributed by atoms with Gasteiger partial charge in [-0.2, -0.15) is 4.98 Å². The topological polar surface area (TPSA) is 99.0 Å². The number of urea groups is 1. The highest BCUT2D eigenvalue weighted by molar-refractivity contribution is 5.89. The Morgan fingerprint density at radius 2 is 2.10 bits per heavy atom. The van der Waals surface area contributed by atoms with E-state index in [1.54, 1.807) is 37.3 Å². The number of anilines is 1. The fourth-order valence-corrected chi connectivity index (χ4v) is 3.52. The Kier molecular flexibility index (Phi) is 8.11. The van der Waals surface area contributed by atoms with E-state index in [0.717, 1.165) is 19.3 Å². The van der Waals surface area contributed by atoms with E-state index in [1.165, 1.54) is 0 Å². The molecule has 1 saturated heterocycles. The second-order valence-electron chi connectivity index (χ2n) is 8.03. The Morgan fingerprint density at radius 3 is 2.84 bits per heavy atom. The maximum absolute atomic E-state index is 12.7. The lowest BCUT2D eigenvalue weighted by molar-refractivity contribution is 0.0120. The van der Waals surface area contributed by atoms with Crippen molar-refractivity contribution in [1.82, 2.24) is 15.0 Å². The van der Waals surface area contributed by atoms with Gasteiger partial charge in [-0.25, -0.2) is 4.79 Å². The predicted octanol–water partition coefficient (Wildman–Crippen LogP) is 3.54. The molecule has 1 aliphatic heterocycles. The van der Waals surface area contributed by atoms with Crippen molar-refractivity contribution in [2.24, 2.45) is 5.92 Å². The van der Waals surface area contributed by atoms with Gasteiger partial charge in [0.15, 0.2) is 17.3 Å². The number of aromatic nitrogens is 2. The summed E-state index contributed by atoms with van der Waals surface area (Å²) >= 11 is 0. The van der Waals surface area contributed by atoms with Gasteiger partial charge in [-0.3, -0.25) is 0 Å². The highest BCUT2D eigenvalue weighted by Gasteiger charge is 2.24. The van der Waals surface area contributed by atoms with Crippen LogP contribution < -0.4 is 14.8 Å². The van der Waals surface area contributed by atoms with E-state index < -0.39 is 0 Å². The van der Waals surface area contributed by atoms with Crippen LogP contribution in [0.25, 0.3) is 0 Å². The van der Waals surface area contributed by atoms with E-state index in [2.05, 4.69) is 29.3 Å². The second kappa shape index (κ2) is 11.0. The van der Waals surface area contributed by atoms with Crippen molar-refractivity contribution in [3.05, 3.63) is 29.9 Å². The Balaban J connectivity index is 1.46. The smallest absolute Gasteiger partial charge is 0.321 e. The number of piperidine rings is 1. The summed E-state index contributed by atoms with van der Waals surface area (Å²) in [6.07, 6.45) is 3.18. The van der Waals surface area contributed by atoms with E-state index in [9.17, 15) is 4.79 Å². The summed E-state index contributed by atoms with van der Waals surface area (Å²) in [5.41, 5.74) is 0.653. The van der Waals surface area contributed by atoms with E-state index in [4.69, 9.17) is 18.7 Å². The molecule has 3 rings (SSSR count). The van der Waals surface area contributed by atoms with E-state index in [1.807, 2.05) is 0 Å². The molecule has 31 heavy (non-hydrogen) atoms. The van der Waals surface area contributed by atoms with Gasteiger partial charge in [-0.05, 0) is 30.9 Å². The molecule has 2 amide bonds. The zero-order chi connectivity index (χ0) is 22.2. The van der Waals surface area contributed by atoms with Crippen molar-refractivity contribution in [1.29, 1.82) is 0 Å². The molecule has 0 saturated carbocycles. The normalized spacial score (nSPS) is 16.4. The number of carbonyl (C=O) groups excluding carboxylic acids is 1. The summed E-state index contributed by atoms with van der Waals surface area (Å²) in [7, 11) is 3.14. The summed E-state index contributed by atoms with van der Waals surface area (Å²) in [5, 5.41) is 6.93. The number of rotatable bonds is 9. The van der Waals surface area contributed by atoms with Crippen LogP contribution in [0.2, 0.25) is 0 Å². The maximum atomic E-state index is 12.7. The summed E-state index contributed by atoms with van der Waals surface area (Å²) in [5.74, 6) is 2.99. The van der Waals surface area contributed by atoms with Crippen LogP contribution in [0, 0.1) is 5.92 Å². The van der Waals surface area contributed by atoms with Crippen LogP contribution in [0.5, 0.6) is 11.5 Å². The first kappa shape index (κ1) is 22.9. The minimum Gasteiger partial charge on any atom is -0.493 e. The van der Waals surface area contributed by atoms with Gasteiger partial charge in [0.1, 0.15) is 0 Å². The third-order valence-electron chi connectivity index (χ3n) is 5.07. The van der Waals surface area contributed by atoms with Gasteiger partial charge in [-0.1, -0.05) is 19.0 Å². The lowest BCUT2D eigenvalue weighted by Gasteiger charge is -2.32. The number of carbonyl (C=O) groups is 1. The maximum Gasteiger partial charge on any atom is 0.321 e. The highest BCUT2D eigenvalue weighted by Crippen LogP contribution is 2.30. The lowest BCUT2D eigenvalue weighted by atomic mass is 10.1. The molecule has 1 aromatic heterocycles. The molecule has 0 radical (unpaired) electrons. The Morgan fingerprint density at radius 1 is 1.29 bits per heavy atom. The zero-order valence-electron chi connectivity index (χ0n) is 18.7. The van der Waals surface area contributed by atoms with Gasteiger partial charge in [0.05, 0.1) is 26.9 Å². The van der Waals surface area contributed by atoms with Crippen molar-refractivity contribution in [3.63, 3.8) is 0 Å². The molecule has 2 heterocycles. The lowest BCUT2D eigenvalue weighted by Crippen LogP contribution is -2.45. The fraction of sp³-hybridized carbons (Fsp3) is 0.591. The minimum absolute atomic E-state index is 0.00746. The summed E-state index contributed by atoms with van der Waals surface area (Å²) in [6, 6.07) is 5.14. The molecule has 0 aliphatic carbocycles. The van der Waals surface area contributed by atoms with Crippen LogP contribution in [0.15, 0.2) is 22.7 Å². The molecule has 170 valence electrons. The molecule has 0 bridgehead atoms. The number of hydrogen-bond donors (Lipinski definition) is 1. The van der Waals surface area contributed by atoms with Crippen molar-refractivity contribution in [2.45, 2.75) is 45.6 Å². The molecule has 1 atom stereocenters. The number of amides is 2. The van der Waals surface area contributed by atoms with Crippen LogP contribution in [0.1, 0.15) is 38.4 Å². The summed E-state index contributed by atoms with van der Waals surface area (Å²) < 4.78 is 21.8. The van der Waals surface area contributed by atoms with Crippen LogP contribution in [-0.2, 0) is 17.6 Å². The second-order valence-corrected chi connectivity index (χ2v) is 8.03. The Bertz CT molecular complexity index is 854. The predicted molar refractivity (Wildman–Crippen MR) is 116 cm³/mol. The molecule has 9 nitrogen and oxygen atoms in total. The molecule has 2 aromatic rings. The SMILES string of the molecule is COc1ccc(NC(=O)N2CCCC(OCCc3noc(CC(C)C)n3)C2)cc1OC. The molecule has 9 heteroatoms. The van der Waals surface area contributed by atoms with Gasteiger partial charge in [0, 0.05) is 37.7 Å². The van der Waals surface area contributed by atoms with Crippen molar-refractivity contribution in [2.75, 3.05) is 39.2 Å². The molecule has 1 fully saturated rings. The molecule has 1 aliphatic rings. The third-order valence-corrected chi connectivity index (χ3v) is 5.07. The average molecular weight is 433 g/mol. The van der Waals surface area contributed by atoms with E-state index in [-0.39, 0.29) is 12.1 Å². The van der Waals surface area contributed by atoms with Crippen LogP contribution >= 0.6 is 0 Å². The first-order valence-corrected chi connectivity index (χ1v) is 10.7. The molecular weight excluding hydrogens is 400 g/mol. The monoisotopic (exact) mass is 432 g/mol.